The zero-order valence-corrected chi connectivity index (χ0v) is 22.2. The monoisotopic (exact) mass is 539 g/mol. The predicted molar refractivity (Wildman–Crippen MR) is 153 cm³/mol. The normalized spacial score (nSPS) is 10.9. The molecule has 1 amide bonds. The molecule has 1 heterocycles. The molecule has 0 radical (unpaired) electrons. The maximum absolute atomic E-state index is 13.8. The molecule has 0 saturated heterocycles. The quantitative estimate of drug-likeness (QED) is 0.312. The molecule has 0 atom stereocenters. The maximum Gasteiger partial charge on any atom is 0.336 e. The van der Waals surface area contributed by atoms with Crippen molar-refractivity contribution < 1.29 is 9.53 Å². The van der Waals surface area contributed by atoms with Crippen molar-refractivity contribution in [2.24, 2.45) is 0 Å². The van der Waals surface area contributed by atoms with Gasteiger partial charge >= 0.3 is 5.69 Å². The maximum atomic E-state index is 13.8. The number of amides is 1. The zero-order valence-electron chi connectivity index (χ0n) is 21.5. The van der Waals surface area contributed by atoms with Crippen LogP contribution >= 0.6 is 11.6 Å². The largest absolute Gasteiger partial charge is 0.497 e. The second-order valence-corrected chi connectivity index (χ2v) is 9.61. The van der Waals surface area contributed by atoms with Gasteiger partial charge in [-0.3, -0.25) is 14.2 Å². The van der Waals surface area contributed by atoms with E-state index in [0.29, 0.717) is 45.0 Å². The number of aromatic nitrogens is 2. The van der Waals surface area contributed by atoms with E-state index in [2.05, 4.69) is 5.32 Å². The average molecular weight is 540 g/mol. The number of hydrogen-bond acceptors (Lipinski definition) is 4. The van der Waals surface area contributed by atoms with Gasteiger partial charge in [-0.15, -0.1) is 0 Å². The summed E-state index contributed by atoms with van der Waals surface area (Å²) in [5.74, 6) is 0.291. The highest BCUT2D eigenvalue weighted by atomic mass is 35.5. The number of rotatable bonds is 7. The van der Waals surface area contributed by atoms with Crippen LogP contribution in [-0.4, -0.2) is 22.2 Å². The van der Waals surface area contributed by atoms with Gasteiger partial charge in [-0.25, -0.2) is 9.36 Å². The molecule has 0 spiro atoms. The molecule has 5 rings (SSSR count). The summed E-state index contributed by atoms with van der Waals surface area (Å²) in [7, 11) is 1.54. The first-order valence-electron chi connectivity index (χ1n) is 12.4. The second kappa shape index (κ2) is 11.0. The van der Waals surface area contributed by atoms with Gasteiger partial charge in [0.2, 0.25) is 0 Å². The number of halogens is 1. The third kappa shape index (κ3) is 5.35. The number of carbonyl (C=O) groups excluding carboxylic acids is 1. The van der Waals surface area contributed by atoms with E-state index in [0.717, 1.165) is 15.7 Å². The highest BCUT2D eigenvalue weighted by molar-refractivity contribution is 6.31. The lowest BCUT2D eigenvalue weighted by Crippen LogP contribution is -2.39. The molecule has 8 heteroatoms. The number of aryl methyl sites for hydroxylation is 1. The minimum atomic E-state index is -0.546. The molecule has 0 aliphatic carbocycles. The number of benzene rings is 4. The topological polar surface area (TPSA) is 82.3 Å². The SMILES string of the molecule is COc1ccc(-n2c(=O)c3ccc(C(=O)NCc4ccc(C)cc4)cc3n(Cc3ccccc3Cl)c2=O)cc1. The fourth-order valence-electron chi connectivity index (χ4n) is 4.41. The van der Waals surface area contributed by atoms with Crippen molar-refractivity contribution >= 4 is 28.4 Å². The molecule has 0 fully saturated rings. The number of nitrogens with one attached hydrogen (secondary N) is 1. The fourth-order valence-corrected chi connectivity index (χ4v) is 4.60. The summed E-state index contributed by atoms with van der Waals surface area (Å²) in [4.78, 5) is 40.5. The lowest BCUT2D eigenvalue weighted by atomic mass is 10.1. The first-order chi connectivity index (χ1) is 18.9. The van der Waals surface area contributed by atoms with Crippen LogP contribution in [0.25, 0.3) is 16.6 Å². The Morgan fingerprint density at radius 3 is 2.33 bits per heavy atom. The van der Waals surface area contributed by atoms with Crippen LogP contribution in [0.4, 0.5) is 0 Å². The Kier molecular flexibility index (Phi) is 7.34. The van der Waals surface area contributed by atoms with Crippen molar-refractivity contribution in [1.29, 1.82) is 0 Å². The van der Waals surface area contributed by atoms with Crippen LogP contribution in [0.2, 0.25) is 5.02 Å². The molecule has 0 unspecified atom stereocenters. The van der Waals surface area contributed by atoms with Gasteiger partial charge in [0.15, 0.2) is 0 Å². The zero-order chi connectivity index (χ0) is 27.5. The number of fused-ring (bicyclic) bond motifs is 1. The fraction of sp³-hybridized carbons (Fsp3) is 0.129. The van der Waals surface area contributed by atoms with Crippen molar-refractivity contribution in [1.82, 2.24) is 14.5 Å². The van der Waals surface area contributed by atoms with E-state index in [1.54, 1.807) is 55.6 Å². The lowest BCUT2D eigenvalue weighted by molar-refractivity contribution is 0.0951. The molecule has 5 aromatic rings. The molecule has 0 saturated carbocycles. The van der Waals surface area contributed by atoms with E-state index in [1.165, 1.54) is 4.57 Å². The molecule has 196 valence electrons. The van der Waals surface area contributed by atoms with Crippen LogP contribution in [0.15, 0.2) is 101 Å². The van der Waals surface area contributed by atoms with Crippen molar-refractivity contribution in [3.05, 3.63) is 139 Å². The second-order valence-electron chi connectivity index (χ2n) is 9.20. The van der Waals surface area contributed by atoms with E-state index >= 15 is 0 Å². The van der Waals surface area contributed by atoms with Gasteiger partial charge in [-0.2, -0.15) is 0 Å². The Labute approximate surface area is 229 Å². The first-order valence-corrected chi connectivity index (χ1v) is 12.7. The van der Waals surface area contributed by atoms with Gasteiger partial charge in [-0.05, 0) is 66.6 Å². The molecule has 39 heavy (non-hydrogen) atoms. The predicted octanol–water partition coefficient (Wildman–Crippen LogP) is 5.10. The number of ether oxygens (including phenoxy) is 1. The van der Waals surface area contributed by atoms with Crippen molar-refractivity contribution in [3.63, 3.8) is 0 Å². The van der Waals surface area contributed by atoms with Crippen LogP contribution in [-0.2, 0) is 13.1 Å². The molecule has 7 nitrogen and oxygen atoms in total. The first kappa shape index (κ1) is 26.0. The van der Waals surface area contributed by atoms with Gasteiger partial charge in [0, 0.05) is 17.1 Å². The Hall–Kier alpha value is -4.62. The molecular formula is C31H26ClN3O4. The van der Waals surface area contributed by atoms with Gasteiger partial charge in [-0.1, -0.05) is 59.6 Å². The Bertz CT molecular complexity index is 1790. The average Bonchev–Trinajstić information content (AvgIpc) is 2.96. The van der Waals surface area contributed by atoms with Crippen molar-refractivity contribution in [2.75, 3.05) is 7.11 Å². The molecule has 0 aliphatic rings. The summed E-state index contributed by atoms with van der Waals surface area (Å²) >= 11 is 6.43. The minimum absolute atomic E-state index is 0.111. The number of nitrogens with zero attached hydrogens (tertiary/aromatic N) is 2. The molecule has 4 aromatic carbocycles. The number of methoxy groups -OCH3 is 1. The molecule has 1 N–H and O–H groups in total. The van der Waals surface area contributed by atoms with Crippen LogP contribution in [0.5, 0.6) is 5.75 Å². The Morgan fingerprint density at radius 2 is 1.64 bits per heavy atom. The summed E-state index contributed by atoms with van der Waals surface area (Å²) in [6.45, 7) is 2.46. The highest BCUT2D eigenvalue weighted by Gasteiger charge is 2.18. The van der Waals surface area contributed by atoms with E-state index in [9.17, 15) is 14.4 Å². The van der Waals surface area contributed by atoms with Gasteiger partial charge in [0.1, 0.15) is 5.75 Å². The minimum Gasteiger partial charge on any atom is -0.497 e. The molecule has 0 bridgehead atoms. The standard InChI is InChI=1S/C31H26ClN3O4/c1-20-7-9-21(10-8-20)18-33-29(36)22-11-16-26-28(17-22)34(19-23-5-3-4-6-27(23)32)31(38)35(30(26)37)24-12-14-25(39-2)15-13-24/h3-17H,18-19H2,1-2H3,(H,33,36). The smallest absolute Gasteiger partial charge is 0.336 e. The van der Waals surface area contributed by atoms with E-state index in [-0.39, 0.29) is 12.5 Å². The van der Waals surface area contributed by atoms with E-state index in [4.69, 9.17) is 16.3 Å². The summed E-state index contributed by atoms with van der Waals surface area (Å²) in [5.41, 5.74) is 2.86. The molecule has 0 aliphatic heterocycles. The summed E-state index contributed by atoms with van der Waals surface area (Å²) in [6.07, 6.45) is 0. The Morgan fingerprint density at radius 1 is 0.923 bits per heavy atom. The van der Waals surface area contributed by atoms with Crippen LogP contribution in [0.3, 0.4) is 0 Å². The van der Waals surface area contributed by atoms with Crippen LogP contribution in [0.1, 0.15) is 27.0 Å². The summed E-state index contributed by atoms with van der Waals surface area (Å²) < 4.78 is 7.81. The van der Waals surface area contributed by atoms with Crippen LogP contribution < -0.4 is 21.3 Å². The number of hydrogen-bond donors (Lipinski definition) is 1. The van der Waals surface area contributed by atoms with E-state index in [1.807, 2.05) is 49.4 Å². The van der Waals surface area contributed by atoms with Gasteiger partial charge in [0.05, 0.1) is 30.2 Å². The van der Waals surface area contributed by atoms with Gasteiger partial charge < -0.3 is 10.1 Å². The van der Waals surface area contributed by atoms with Crippen molar-refractivity contribution in [2.45, 2.75) is 20.0 Å². The Balaban J connectivity index is 1.62. The van der Waals surface area contributed by atoms with Crippen LogP contribution in [0, 0.1) is 6.92 Å². The summed E-state index contributed by atoms with van der Waals surface area (Å²) in [6, 6.07) is 26.5. The summed E-state index contributed by atoms with van der Waals surface area (Å²) in [5, 5.41) is 3.70. The highest BCUT2D eigenvalue weighted by Crippen LogP contribution is 2.20. The van der Waals surface area contributed by atoms with E-state index < -0.39 is 11.2 Å². The lowest BCUT2D eigenvalue weighted by Gasteiger charge is -2.16. The van der Waals surface area contributed by atoms with Gasteiger partial charge in [0.25, 0.3) is 11.5 Å². The third-order valence-electron chi connectivity index (χ3n) is 6.60. The van der Waals surface area contributed by atoms with Crippen molar-refractivity contribution in [3.8, 4) is 11.4 Å². The molecular weight excluding hydrogens is 514 g/mol. The third-order valence-corrected chi connectivity index (χ3v) is 6.97. The number of carbonyl (C=O) groups is 1. The molecule has 1 aromatic heterocycles.